The first-order valence-electron chi connectivity index (χ1n) is 10.4. The van der Waals surface area contributed by atoms with Crippen molar-refractivity contribution >= 4 is 22.0 Å². The molecule has 1 unspecified atom stereocenters. The number of hydrogen-bond acceptors (Lipinski definition) is 6. The molecule has 32 heavy (non-hydrogen) atoms. The zero-order valence-corrected chi connectivity index (χ0v) is 20.9. The van der Waals surface area contributed by atoms with Gasteiger partial charge in [-0.15, -0.1) is 0 Å². The van der Waals surface area contributed by atoms with Crippen LogP contribution in [0.5, 0.6) is 23.0 Å². The van der Waals surface area contributed by atoms with Gasteiger partial charge in [0.2, 0.25) is 0 Å². The summed E-state index contributed by atoms with van der Waals surface area (Å²) in [6.45, 7) is 6.05. The van der Waals surface area contributed by atoms with E-state index in [4.69, 9.17) is 18.9 Å². The molecule has 0 aromatic heterocycles. The number of amides is 1. The third kappa shape index (κ3) is 4.90. The fourth-order valence-corrected chi connectivity index (χ4v) is 4.40. The Morgan fingerprint density at radius 1 is 1.09 bits per heavy atom. The van der Waals surface area contributed by atoms with Gasteiger partial charge in [0, 0.05) is 6.54 Å². The van der Waals surface area contributed by atoms with Crippen LogP contribution in [0.1, 0.15) is 43.5 Å². The molecule has 7 nitrogen and oxygen atoms in total. The molecule has 0 saturated heterocycles. The Morgan fingerprint density at radius 2 is 1.72 bits per heavy atom. The summed E-state index contributed by atoms with van der Waals surface area (Å²) in [5, 5.41) is 10.5. The fourth-order valence-electron chi connectivity index (χ4n) is 3.91. The van der Waals surface area contributed by atoms with Crippen molar-refractivity contribution in [2.45, 2.75) is 45.3 Å². The third-order valence-electron chi connectivity index (χ3n) is 5.42. The average molecular weight is 508 g/mol. The van der Waals surface area contributed by atoms with Crippen LogP contribution >= 0.6 is 15.9 Å². The molecule has 1 heterocycles. The second kappa shape index (κ2) is 9.48. The monoisotopic (exact) mass is 507 g/mol. The molecule has 1 atom stereocenters. The number of phenols is 1. The second-order valence-electron chi connectivity index (χ2n) is 8.64. The first-order chi connectivity index (χ1) is 15.1. The normalized spacial score (nSPS) is 15.7. The van der Waals surface area contributed by atoms with Gasteiger partial charge in [-0.25, -0.2) is 4.79 Å². The van der Waals surface area contributed by atoms with E-state index in [1.807, 2.05) is 39.0 Å². The van der Waals surface area contributed by atoms with Crippen molar-refractivity contribution in [1.82, 2.24) is 4.90 Å². The van der Waals surface area contributed by atoms with Gasteiger partial charge in [-0.05, 0) is 84.4 Å². The Bertz CT molecular complexity index is 1000. The van der Waals surface area contributed by atoms with Crippen molar-refractivity contribution in [1.29, 1.82) is 0 Å². The molecule has 1 aliphatic heterocycles. The number of aromatic hydroxyl groups is 1. The minimum absolute atomic E-state index is 0.0252. The van der Waals surface area contributed by atoms with Crippen LogP contribution in [0.25, 0.3) is 0 Å². The Balaban J connectivity index is 2.08. The lowest BCUT2D eigenvalue weighted by Gasteiger charge is -2.38. The van der Waals surface area contributed by atoms with E-state index >= 15 is 0 Å². The Kier molecular flexibility index (Phi) is 7.12. The number of carbonyl (C=O) groups is 1. The van der Waals surface area contributed by atoms with Gasteiger partial charge < -0.3 is 29.0 Å². The lowest BCUT2D eigenvalue weighted by molar-refractivity contribution is 0.0141. The number of hydrogen-bond donors (Lipinski definition) is 1. The highest BCUT2D eigenvalue weighted by Gasteiger charge is 2.35. The van der Waals surface area contributed by atoms with Gasteiger partial charge in [0.1, 0.15) is 5.60 Å². The van der Waals surface area contributed by atoms with Crippen molar-refractivity contribution in [3.8, 4) is 23.0 Å². The summed E-state index contributed by atoms with van der Waals surface area (Å²) in [4.78, 5) is 14.9. The number of carbonyl (C=O) groups excluding carboxylic acids is 1. The topological polar surface area (TPSA) is 77.5 Å². The van der Waals surface area contributed by atoms with E-state index in [-0.39, 0.29) is 17.9 Å². The maximum Gasteiger partial charge on any atom is 0.410 e. The average Bonchev–Trinajstić information content (AvgIpc) is 2.74. The number of ether oxygens (including phenoxy) is 4. The largest absolute Gasteiger partial charge is 0.503 e. The maximum atomic E-state index is 13.1. The lowest BCUT2D eigenvalue weighted by Crippen LogP contribution is -2.43. The SMILES string of the molecule is COc1cc2c(cc1OC)C(Cc1ccc(OC)c(O)c1Br)N(C(=O)OC(C)(C)C)CC2. The minimum atomic E-state index is -0.613. The number of phenolic OH excluding ortho intramolecular Hbond substituents is 1. The molecule has 0 fully saturated rings. The predicted molar refractivity (Wildman–Crippen MR) is 125 cm³/mol. The van der Waals surface area contributed by atoms with Crippen molar-refractivity contribution in [2.24, 2.45) is 0 Å². The molecular weight excluding hydrogens is 478 g/mol. The van der Waals surface area contributed by atoms with Crippen molar-refractivity contribution in [3.05, 3.63) is 45.4 Å². The summed E-state index contributed by atoms with van der Waals surface area (Å²) >= 11 is 3.49. The molecule has 1 N–H and O–H groups in total. The molecule has 8 heteroatoms. The van der Waals surface area contributed by atoms with Crippen molar-refractivity contribution < 1.29 is 28.8 Å². The smallest absolute Gasteiger partial charge is 0.410 e. The summed E-state index contributed by atoms with van der Waals surface area (Å²) in [5.41, 5.74) is 2.27. The molecule has 0 radical (unpaired) electrons. The molecule has 3 rings (SSSR count). The number of halogens is 1. The molecule has 0 bridgehead atoms. The van der Waals surface area contributed by atoms with E-state index in [1.54, 1.807) is 25.2 Å². The number of fused-ring (bicyclic) bond motifs is 1. The quantitative estimate of drug-likeness (QED) is 0.594. The molecular formula is C24H30BrNO6. The minimum Gasteiger partial charge on any atom is -0.503 e. The zero-order valence-electron chi connectivity index (χ0n) is 19.3. The van der Waals surface area contributed by atoms with Gasteiger partial charge in [0.25, 0.3) is 0 Å². The number of methoxy groups -OCH3 is 3. The van der Waals surface area contributed by atoms with Gasteiger partial charge >= 0.3 is 6.09 Å². The first kappa shape index (κ1) is 24.0. The van der Waals surface area contributed by atoms with E-state index in [1.165, 1.54) is 7.11 Å². The second-order valence-corrected chi connectivity index (χ2v) is 9.43. The van der Waals surface area contributed by atoms with Crippen molar-refractivity contribution in [2.75, 3.05) is 27.9 Å². The van der Waals surface area contributed by atoms with Crippen LogP contribution in [0.15, 0.2) is 28.7 Å². The van der Waals surface area contributed by atoms with Crippen LogP contribution in [0.2, 0.25) is 0 Å². The highest BCUT2D eigenvalue weighted by molar-refractivity contribution is 9.10. The lowest BCUT2D eigenvalue weighted by atomic mass is 9.88. The van der Waals surface area contributed by atoms with E-state index in [2.05, 4.69) is 15.9 Å². The van der Waals surface area contributed by atoms with Crippen LogP contribution in [0, 0.1) is 0 Å². The molecule has 2 aromatic rings. The summed E-state index contributed by atoms with van der Waals surface area (Å²) in [6.07, 6.45) is 0.747. The Hall–Kier alpha value is -2.61. The van der Waals surface area contributed by atoms with Crippen LogP contribution in [-0.4, -0.2) is 49.6 Å². The van der Waals surface area contributed by atoms with E-state index in [9.17, 15) is 9.90 Å². The van der Waals surface area contributed by atoms with E-state index in [0.29, 0.717) is 41.1 Å². The molecule has 2 aromatic carbocycles. The number of nitrogens with zero attached hydrogens (tertiary/aromatic N) is 1. The van der Waals surface area contributed by atoms with Crippen LogP contribution in [-0.2, 0) is 17.6 Å². The van der Waals surface area contributed by atoms with Gasteiger partial charge in [-0.1, -0.05) is 6.07 Å². The summed E-state index contributed by atoms with van der Waals surface area (Å²) in [6, 6.07) is 7.16. The van der Waals surface area contributed by atoms with Crippen LogP contribution in [0.3, 0.4) is 0 Å². The Labute approximate surface area is 197 Å². The summed E-state index contributed by atoms with van der Waals surface area (Å²) in [5.74, 6) is 1.65. The van der Waals surface area contributed by atoms with Gasteiger partial charge in [0.15, 0.2) is 23.0 Å². The highest BCUT2D eigenvalue weighted by atomic mass is 79.9. The third-order valence-corrected chi connectivity index (χ3v) is 6.31. The van der Waals surface area contributed by atoms with Crippen LogP contribution < -0.4 is 14.2 Å². The van der Waals surface area contributed by atoms with Gasteiger partial charge in [-0.3, -0.25) is 0 Å². The van der Waals surface area contributed by atoms with Gasteiger partial charge in [-0.2, -0.15) is 0 Å². The molecule has 174 valence electrons. The summed E-state index contributed by atoms with van der Waals surface area (Å²) in [7, 11) is 4.70. The Morgan fingerprint density at radius 3 is 2.31 bits per heavy atom. The van der Waals surface area contributed by atoms with Crippen molar-refractivity contribution in [3.63, 3.8) is 0 Å². The maximum absolute atomic E-state index is 13.1. The van der Waals surface area contributed by atoms with E-state index < -0.39 is 5.60 Å². The molecule has 0 spiro atoms. The van der Waals surface area contributed by atoms with Gasteiger partial charge in [0.05, 0.1) is 31.8 Å². The number of benzene rings is 2. The number of rotatable bonds is 5. The summed E-state index contributed by atoms with van der Waals surface area (Å²) < 4.78 is 22.4. The zero-order chi connectivity index (χ0) is 23.6. The fraction of sp³-hybridized carbons (Fsp3) is 0.458. The predicted octanol–water partition coefficient (Wildman–Crippen LogP) is 5.26. The molecule has 1 amide bonds. The highest BCUT2D eigenvalue weighted by Crippen LogP contribution is 2.43. The molecule has 0 aliphatic carbocycles. The van der Waals surface area contributed by atoms with Crippen LogP contribution in [0.4, 0.5) is 4.79 Å². The standard InChI is InChI=1S/C24H30BrNO6/c1-24(2,3)32-23(28)26-10-9-14-12-19(30-5)20(31-6)13-16(14)17(26)11-15-7-8-18(29-4)22(27)21(15)25/h7-8,12-13,17,27H,9-11H2,1-6H3. The first-order valence-corrected chi connectivity index (χ1v) is 11.2. The van der Waals surface area contributed by atoms with E-state index in [0.717, 1.165) is 16.7 Å². The molecule has 1 aliphatic rings. The molecule has 0 saturated carbocycles.